The molecule has 1 N–H and O–H groups in total. The Morgan fingerprint density at radius 2 is 1.97 bits per heavy atom. The van der Waals surface area contributed by atoms with E-state index in [9.17, 15) is 22.8 Å². The van der Waals surface area contributed by atoms with E-state index in [4.69, 9.17) is 9.47 Å². The van der Waals surface area contributed by atoms with Gasteiger partial charge in [0.15, 0.2) is 0 Å². The first-order valence-corrected chi connectivity index (χ1v) is 10.7. The van der Waals surface area contributed by atoms with E-state index in [1.165, 1.54) is 16.6 Å². The van der Waals surface area contributed by atoms with Crippen molar-refractivity contribution in [2.75, 3.05) is 18.5 Å². The van der Waals surface area contributed by atoms with Gasteiger partial charge >= 0.3 is 12.3 Å². The van der Waals surface area contributed by atoms with Gasteiger partial charge in [-0.1, -0.05) is 35.4 Å². The Hall–Kier alpha value is -4.07. The summed E-state index contributed by atoms with van der Waals surface area (Å²) in [6.45, 7) is 1.54. The number of anilines is 1. The zero-order chi connectivity index (χ0) is 25.9. The monoisotopic (exact) mass is 505 g/mol. The third-order valence-corrected chi connectivity index (χ3v) is 5.57. The number of rotatable bonds is 8. The Morgan fingerprint density at radius 1 is 1.22 bits per heavy atom. The van der Waals surface area contributed by atoms with E-state index in [0.29, 0.717) is 6.07 Å². The molecule has 0 saturated carbocycles. The minimum atomic E-state index is -4.72. The molecule has 11 nitrogen and oxygen atoms in total. The van der Waals surface area contributed by atoms with E-state index >= 15 is 0 Å². The molecule has 1 aliphatic heterocycles. The molecule has 0 aliphatic carbocycles. The Labute approximate surface area is 203 Å². The summed E-state index contributed by atoms with van der Waals surface area (Å²) >= 11 is 0. The van der Waals surface area contributed by atoms with Crippen LogP contribution in [0.4, 0.5) is 23.9 Å². The summed E-state index contributed by atoms with van der Waals surface area (Å²) in [6.07, 6.45) is -5.25. The Balaban J connectivity index is 1.51. The summed E-state index contributed by atoms with van der Waals surface area (Å²) < 4.78 is 52.0. The molecule has 2 amide bonds. The third kappa shape index (κ3) is 5.43. The number of halogens is 3. The summed E-state index contributed by atoms with van der Waals surface area (Å²) in [5.74, 6) is -0.763. The molecule has 1 aromatic carbocycles. The van der Waals surface area contributed by atoms with Crippen LogP contribution in [0.25, 0.3) is 0 Å². The summed E-state index contributed by atoms with van der Waals surface area (Å²) in [5.41, 5.74) is -1.56. The molecular formula is C22H22F3N7O4. The molecule has 0 spiro atoms. The first-order valence-electron chi connectivity index (χ1n) is 10.7. The van der Waals surface area contributed by atoms with Crippen molar-refractivity contribution in [1.82, 2.24) is 30.1 Å². The van der Waals surface area contributed by atoms with Crippen molar-refractivity contribution in [3.63, 3.8) is 0 Å². The average Bonchev–Trinajstić information content (AvgIpc) is 3.36. The van der Waals surface area contributed by atoms with Crippen LogP contribution in [0.5, 0.6) is 0 Å². The second-order valence-corrected chi connectivity index (χ2v) is 8.38. The molecule has 1 saturated heterocycles. The van der Waals surface area contributed by atoms with Gasteiger partial charge in [-0.15, -0.1) is 0 Å². The molecule has 4 rings (SSSR count). The van der Waals surface area contributed by atoms with Gasteiger partial charge < -0.3 is 9.47 Å². The van der Waals surface area contributed by atoms with Crippen LogP contribution >= 0.6 is 0 Å². The zero-order valence-electron chi connectivity index (χ0n) is 19.3. The molecule has 3 aromatic rings. The van der Waals surface area contributed by atoms with Crippen molar-refractivity contribution in [3.05, 3.63) is 65.0 Å². The maximum Gasteiger partial charge on any atom is 0.433 e. The predicted octanol–water partition coefficient (Wildman–Crippen LogP) is 2.80. The number of hydrogen-bond acceptors (Lipinski definition) is 8. The lowest BCUT2D eigenvalue weighted by molar-refractivity contribution is -0.141. The minimum Gasteiger partial charge on any atom is -0.447 e. The van der Waals surface area contributed by atoms with Gasteiger partial charge in [-0.3, -0.25) is 15.0 Å². The topological polar surface area (TPSA) is 124 Å². The van der Waals surface area contributed by atoms with Gasteiger partial charge in [0.1, 0.15) is 17.8 Å². The van der Waals surface area contributed by atoms with Crippen LogP contribution in [0.3, 0.4) is 0 Å². The van der Waals surface area contributed by atoms with Gasteiger partial charge in [-0.25, -0.2) is 14.5 Å². The number of ether oxygens (including phenoxy) is 2. The van der Waals surface area contributed by atoms with E-state index < -0.39 is 36.0 Å². The maximum atomic E-state index is 13.3. The highest BCUT2D eigenvalue weighted by molar-refractivity contribution is 6.04. The van der Waals surface area contributed by atoms with E-state index in [1.807, 2.05) is 30.3 Å². The Kier molecular flexibility index (Phi) is 6.88. The zero-order valence-corrected chi connectivity index (χ0v) is 19.3. The van der Waals surface area contributed by atoms with Crippen molar-refractivity contribution in [2.45, 2.75) is 31.8 Å². The highest BCUT2D eigenvalue weighted by Crippen LogP contribution is 2.30. The number of aryl methyl sites for hydroxylation is 1. The normalized spacial score (nSPS) is 17.8. The number of benzene rings is 1. The molecule has 2 aromatic heterocycles. The van der Waals surface area contributed by atoms with Crippen LogP contribution in [0.1, 0.15) is 34.2 Å². The molecule has 36 heavy (non-hydrogen) atoms. The summed E-state index contributed by atoms with van der Waals surface area (Å²) in [7, 11) is 1.48. The molecule has 190 valence electrons. The average molecular weight is 505 g/mol. The first-order chi connectivity index (χ1) is 17.1. The Morgan fingerprint density at radius 3 is 2.64 bits per heavy atom. The molecule has 1 aliphatic rings. The molecular weight excluding hydrogens is 483 g/mol. The standard InChI is InChI=1S/C22H22F3N7O4/c1-21(13-36-20(34)32(21)10-14-6-4-3-5-7-14)12-35-11-16-15(8-9-17(26-16)22(23,24)25)18(33)27-19-28-29-30-31(19)2/h3-9H,10-13H2,1-2H3,(H,27,28,30,33). The predicted molar refractivity (Wildman–Crippen MR) is 117 cm³/mol. The number of alkyl halides is 3. The lowest BCUT2D eigenvalue weighted by Crippen LogP contribution is -2.47. The van der Waals surface area contributed by atoms with E-state index in [2.05, 4.69) is 25.8 Å². The van der Waals surface area contributed by atoms with Crippen molar-refractivity contribution < 1.29 is 32.2 Å². The lowest BCUT2D eigenvalue weighted by Gasteiger charge is -2.31. The first kappa shape index (κ1) is 25.0. The number of pyridine rings is 1. The second-order valence-electron chi connectivity index (χ2n) is 8.38. The van der Waals surface area contributed by atoms with Crippen LogP contribution in [0.15, 0.2) is 42.5 Å². The van der Waals surface area contributed by atoms with Gasteiger partial charge in [0, 0.05) is 13.6 Å². The van der Waals surface area contributed by atoms with E-state index in [1.54, 1.807) is 6.92 Å². The molecule has 1 atom stereocenters. The molecule has 0 bridgehead atoms. The van der Waals surface area contributed by atoms with E-state index in [-0.39, 0.29) is 37.0 Å². The van der Waals surface area contributed by atoms with Crippen LogP contribution in [0.2, 0.25) is 0 Å². The van der Waals surface area contributed by atoms with Crippen molar-refractivity contribution >= 4 is 17.9 Å². The number of aromatic nitrogens is 5. The fraction of sp³-hybridized carbons (Fsp3) is 0.364. The SMILES string of the molecule is Cn1nnnc1NC(=O)c1ccc(C(F)(F)F)nc1COCC1(C)COC(=O)N1Cc1ccccc1. The highest BCUT2D eigenvalue weighted by Gasteiger charge is 2.44. The van der Waals surface area contributed by atoms with Crippen LogP contribution < -0.4 is 5.32 Å². The number of hydrogen-bond donors (Lipinski definition) is 1. The quantitative estimate of drug-likeness (QED) is 0.496. The van der Waals surface area contributed by atoms with Gasteiger partial charge in [0.25, 0.3) is 5.91 Å². The van der Waals surface area contributed by atoms with Crippen LogP contribution in [-0.4, -0.2) is 60.8 Å². The summed E-state index contributed by atoms with van der Waals surface area (Å²) in [5, 5.41) is 13.0. The van der Waals surface area contributed by atoms with Gasteiger partial charge in [-0.2, -0.15) is 13.2 Å². The molecule has 1 unspecified atom stereocenters. The smallest absolute Gasteiger partial charge is 0.433 e. The number of nitrogens with one attached hydrogen (secondary N) is 1. The Bertz CT molecular complexity index is 1250. The number of tetrazole rings is 1. The molecule has 1 fully saturated rings. The van der Waals surface area contributed by atoms with Gasteiger partial charge in [0.05, 0.1) is 24.5 Å². The molecule has 0 radical (unpaired) electrons. The maximum absolute atomic E-state index is 13.3. The second kappa shape index (κ2) is 9.89. The van der Waals surface area contributed by atoms with Gasteiger partial charge in [0.2, 0.25) is 5.95 Å². The van der Waals surface area contributed by atoms with Crippen molar-refractivity contribution in [1.29, 1.82) is 0 Å². The largest absolute Gasteiger partial charge is 0.447 e. The summed E-state index contributed by atoms with van der Waals surface area (Å²) in [4.78, 5) is 30.2. The minimum absolute atomic E-state index is 0.00236. The lowest BCUT2D eigenvalue weighted by atomic mass is 10.0. The van der Waals surface area contributed by atoms with Gasteiger partial charge in [-0.05, 0) is 35.0 Å². The molecule has 3 heterocycles. The van der Waals surface area contributed by atoms with Crippen molar-refractivity contribution in [3.8, 4) is 0 Å². The number of nitrogens with zero attached hydrogens (tertiary/aromatic N) is 6. The number of carbonyl (C=O) groups is 2. The fourth-order valence-electron chi connectivity index (χ4n) is 3.58. The van der Waals surface area contributed by atoms with E-state index in [0.717, 1.165) is 11.6 Å². The third-order valence-electron chi connectivity index (χ3n) is 5.57. The van der Waals surface area contributed by atoms with Crippen LogP contribution in [0, 0.1) is 0 Å². The van der Waals surface area contributed by atoms with Crippen LogP contribution in [-0.2, 0) is 35.8 Å². The number of amides is 2. The number of cyclic esters (lactones) is 1. The van der Waals surface area contributed by atoms with Crippen molar-refractivity contribution in [2.24, 2.45) is 7.05 Å². The molecule has 14 heteroatoms. The highest BCUT2D eigenvalue weighted by atomic mass is 19.4. The number of carbonyl (C=O) groups excluding carboxylic acids is 2. The summed E-state index contributed by atoms with van der Waals surface area (Å²) in [6, 6.07) is 11.0. The fourth-order valence-corrected chi connectivity index (χ4v) is 3.58.